The fraction of sp³-hybridized carbons (Fsp3) is 0.381. The van der Waals surface area contributed by atoms with Crippen LogP contribution in [0.2, 0.25) is 5.02 Å². The molecule has 30 heavy (non-hydrogen) atoms. The summed E-state index contributed by atoms with van der Waals surface area (Å²) in [7, 11) is 0. The van der Waals surface area contributed by atoms with Crippen molar-refractivity contribution in [3.63, 3.8) is 0 Å². The van der Waals surface area contributed by atoms with E-state index >= 15 is 0 Å². The fourth-order valence-electron chi connectivity index (χ4n) is 3.66. The van der Waals surface area contributed by atoms with Crippen molar-refractivity contribution in [1.29, 1.82) is 0 Å². The summed E-state index contributed by atoms with van der Waals surface area (Å²) in [6.07, 6.45) is 0.936. The average Bonchev–Trinajstić information content (AvgIpc) is 3.13. The van der Waals surface area contributed by atoms with Crippen LogP contribution >= 0.6 is 11.6 Å². The number of piperidine rings is 1. The molecule has 3 heterocycles. The molecule has 2 aliphatic rings. The molecule has 0 aliphatic carbocycles. The van der Waals surface area contributed by atoms with E-state index in [1.165, 1.54) is 0 Å². The van der Waals surface area contributed by atoms with Crippen molar-refractivity contribution in [1.82, 2.24) is 15.2 Å². The van der Waals surface area contributed by atoms with Crippen LogP contribution in [0.4, 0.5) is 4.79 Å². The summed E-state index contributed by atoms with van der Waals surface area (Å²) < 4.78 is 11.2. The lowest BCUT2D eigenvalue weighted by Crippen LogP contribution is -2.44. The second-order valence-corrected chi connectivity index (χ2v) is 7.77. The summed E-state index contributed by atoms with van der Waals surface area (Å²) in [4.78, 5) is 30.1. The number of carbonyl (C=O) groups is 2. The molecular weight excluding hydrogens is 410 g/mol. The molecule has 158 valence electrons. The molecule has 2 aromatic rings. The standard InChI is InChI=1S/C21H22ClN3O5/c22-14-3-1-13(2-4-14)10-23-20(27)19-9-18(7-15(11-26)24-19)30-17-5-6-25-16(8-17)12-29-21(25)28/h1-4,7,9,16-17,26H,5-6,8,10-12H2,(H,23,27)/t16-,17-/m0/s1. The van der Waals surface area contributed by atoms with E-state index in [2.05, 4.69) is 10.3 Å². The van der Waals surface area contributed by atoms with Crippen LogP contribution in [0.1, 0.15) is 34.6 Å². The van der Waals surface area contributed by atoms with Gasteiger partial charge in [-0.05, 0) is 17.7 Å². The maximum absolute atomic E-state index is 12.6. The van der Waals surface area contributed by atoms with Gasteiger partial charge < -0.3 is 24.8 Å². The number of cyclic esters (lactones) is 1. The molecule has 2 atom stereocenters. The van der Waals surface area contributed by atoms with Gasteiger partial charge in [0, 0.05) is 43.1 Å². The van der Waals surface area contributed by atoms with Gasteiger partial charge in [-0.2, -0.15) is 0 Å². The molecular formula is C21H22ClN3O5. The summed E-state index contributed by atoms with van der Waals surface area (Å²) in [5.41, 5.74) is 1.42. The number of nitrogens with zero attached hydrogens (tertiary/aromatic N) is 2. The fourth-order valence-corrected chi connectivity index (χ4v) is 3.79. The van der Waals surface area contributed by atoms with Crippen LogP contribution in [0, 0.1) is 0 Å². The minimum Gasteiger partial charge on any atom is -0.490 e. The summed E-state index contributed by atoms with van der Waals surface area (Å²) >= 11 is 5.88. The molecule has 0 bridgehead atoms. The number of nitrogens with one attached hydrogen (secondary N) is 1. The molecule has 4 rings (SSSR count). The van der Waals surface area contributed by atoms with E-state index in [0.717, 1.165) is 5.56 Å². The summed E-state index contributed by atoms with van der Waals surface area (Å²) in [6, 6.07) is 10.4. The number of aliphatic hydroxyl groups excluding tert-OH is 1. The molecule has 1 aromatic heterocycles. The normalized spacial score (nSPS) is 20.5. The number of amides is 2. The zero-order valence-corrected chi connectivity index (χ0v) is 17.0. The van der Waals surface area contributed by atoms with Crippen LogP contribution in [-0.2, 0) is 17.9 Å². The molecule has 0 radical (unpaired) electrons. The van der Waals surface area contributed by atoms with Gasteiger partial charge in [0.15, 0.2) is 0 Å². The molecule has 8 nitrogen and oxygen atoms in total. The largest absolute Gasteiger partial charge is 0.490 e. The van der Waals surface area contributed by atoms with E-state index in [0.29, 0.717) is 49.0 Å². The third-order valence-corrected chi connectivity index (χ3v) is 5.47. The highest BCUT2D eigenvalue weighted by molar-refractivity contribution is 6.30. The lowest BCUT2D eigenvalue weighted by atomic mass is 10.0. The number of hydrogen-bond acceptors (Lipinski definition) is 6. The summed E-state index contributed by atoms with van der Waals surface area (Å²) in [5, 5.41) is 13.0. The number of pyridine rings is 1. The van der Waals surface area contributed by atoms with Crippen LogP contribution in [0.15, 0.2) is 36.4 Å². The summed E-state index contributed by atoms with van der Waals surface area (Å²) in [6.45, 7) is 0.958. The molecule has 0 spiro atoms. The summed E-state index contributed by atoms with van der Waals surface area (Å²) in [5.74, 6) is 0.101. The van der Waals surface area contributed by atoms with Gasteiger partial charge in [0.25, 0.3) is 5.91 Å². The number of hydrogen-bond donors (Lipinski definition) is 2. The third-order valence-electron chi connectivity index (χ3n) is 5.22. The maximum Gasteiger partial charge on any atom is 0.410 e. The van der Waals surface area contributed by atoms with Crippen molar-refractivity contribution in [2.75, 3.05) is 13.2 Å². The lowest BCUT2D eigenvalue weighted by molar-refractivity contribution is 0.0909. The Balaban J connectivity index is 1.41. The number of aromatic nitrogens is 1. The zero-order valence-electron chi connectivity index (χ0n) is 16.2. The van der Waals surface area contributed by atoms with Gasteiger partial charge in [-0.1, -0.05) is 23.7 Å². The lowest BCUT2D eigenvalue weighted by Gasteiger charge is -2.32. The number of rotatable bonds is 6. The molecule has 9 heteroatoms. The van der Waals surface area contributed by atoms with Crippen LogP contribution in [-0.4, -0.2) is 52.3 Å². The highest BCUT2D eigenvalue weighted by Crippen LogP contribution is 2.27. The number of ether oxygens (including phenoxy) is 2. The highest BCUT2D eigenvalue weighted by atomic mass is 35.5. The van der Waals surface area contributed by atoms with Crippen LogP contribution in [0.3, 0.4) is 0 Å². The molecule has 1 aromatic carbocycles. The first kappa shape index (κ1) is 20.4. The molecule has 0 saturated carbocycles. The first-order chi connectivity index (χ1) is 14.5. The second-order valence-electron chi connectivity index (χ2n) is 7.34. The van der Waals surface area contributed by atoms with E-state index in [-0.39, 0.29) is 36.4 Å². The number of halogens is 1. The second kappa shape index (κ2) is 8.89. The van der Waals surface area contributed by atoms with E-state index < -0.39 is 0 Å². The van der Waals surface area contributed by atoms with Crippen molar-refractivity contribution < 1.29 is 24.2 Å². The molecule has 2 saturated heterocycles. The Morgan fingerprint density at radius 3 is 2.90 bits per heavy atom. The molecule has 0 unspecified atom stereocenters. The molecule has 2 fully saturated rings. The number of fused-ring (bicyclic) bond motifs is 1. The molecule has 2 amide bonds. The Labute approximate surface area is 178 Å². The first-order valence-corrected chi connectivity index (χ1v) is 10.1. The average molecular weight is 432 g/mol. The van der Waals surface area contributed by atoms with Crippen molar-refractivity contribution in [3.05, 3.63) is 58.4 Å². The van der Waals surface area contributed by atoms with Gasteiger partial charge in [0.2, 0.25) is 0 Å². The predicted octanol–water partition coefficient (Wildman–Crippen LogP) is 2.52. The van der Waals surface area contributed by atoms with Gasteiger partial charge in [-0.3, -0.25) is 4.79 Å². The molecule has 2 aliphatic heterocycles. The Hall–Kier alpha value is -2.84. The smallest absolute Gasteiger partial charge is 0.410 e. The van der Waals surface area contributed by atoms with Crippen LogP contribution < -0.4 is 10.1 Å². The number of aliphatic hydroxyl groups is 1. The quantitative estimate of drug-likeness (QED) is 0.728. The van der Waals surface area contributed by atoms with E-state index in [1.54, 1.807) is 29.2 Å². The van der Waals surface area contributed by atoms with E-state index in [4.69, 9.17) is 21.1 Å². The van der Waals surface area contributed by atoms with Gasteiger partial charge in [-0.15, -0.1) is 0 Å². The van der Waals surface area contributed by atoms with Crippen LogP contribution in [0.25, 0.3) is 0 Å². The van der Waals surface area contributed by atoms with Crippen molar-refractivity contribution >= 4 is 23.6 Å². The van der Waals surface area contributed by atoms with Gasteiger partial charge in [-0.25, -0.2) is 9.78 Å². The highest BCUT2D eigenvalue weighted by Gasteiger charge is 2.38. The number of benzene rings is 1. The van der Waals surface area contributed by atoms with E-state index in [1.807, 2.05) is 12.1 Å². The van der Waals surface area contributed by atoms with Crippen molar-refractivity contribution in [2.24, 2.45) is 0 Å². The minimum atomic E-state index is -0.366. The number of carbonyl (C=O) groups excluding carboxylic acids is 2. The maximum atomic E-state index is 12.6. The van der Waals surface area contributed by atoms with Gasteiger partial charge in [0.1, 0.15) is 24.2 Å². The van der Waals surface area contributed by atoms with Crippen molar-refractivity contribution in [2.45, 2.75) is 38.1 Å². The monoisotopic (exact) mass is 431 g/mol. The van der Waals surface area contributed by atoms with Crippen molar-refractivity contribution in [3.8, 4) is 5.75 Å². The first-order valence-electron chi connectivity index (χ1n) is 9.76. The Morgan fingerprint density at radius 2 is 2.13 bits per heavy atom. The Bertz CT molecular complexity index is 937. The van der Waals surface area contributed by atoms with E-state index in [9.17, 15) is 14.7 Å². The minimum absolute atomic E-state index is 0.0116. The zero-order chi connectivity index (χ0) is 21.1. The van der Waals surface area contributed by atoms with Crippen LogP contribution in [0.5, 0.6) is 5.75 Å². The SMILES string of the molecule is O=C(NCc1ccc(Cl)cc1)c1cc(O[C@H]2CCN3C(=O)OC[C@@H]3C2)cc(CO)n1. The Kier molecular flexibility index (Phi) is 6.06. The van der Waals surface area contributed by atoms with Gasteiger partial charge >= 0.3 is 6.09 Å². The molecule has 2 N–H and O–H groups in total. The Morgan fingerprint density at radius 1 is 1.33 bits per heavy atom. The van der Waals surface area contributed by atoms with Gasteiger partial charge in [0.05, 0.1) is 18.3 Å². The predicted molar refractivity (Wildman–Crippen MR) is 108 cm³/mol. The third kappa shape index (κ3) is 4.66. The topological polar surface area (TPSA) is 101 Å².